The minimum absolute atomic E-state index is 0.0897. The minimum Gasteiger partial charge on any atom is -0.394 e. The van der Waals surface area contributed by atoms with Crippen LogP contribution in [0.5, 0.6) is 0 Å². The van der Waals surface area contributed by atoms with Gasteiger partial charge in [0.15, 0.2) is 0 Å². The highest BCUT2D eigenvalue weighted by atomic mass is 16.5. The number of aliphatic hydroxyl groups is 4. The van der Waals surface area contributed by atoms with Crippen LogP contribution in [-0.4, -0.2) is 67.5 Å². The van der Waals surface area contributed by atoms with E-state index in [0.29, 0.717) is 0 Å². The molecule has 0 aliphatic carbocycles. The smallest absolute Gasteiger partial charge is 0.325 e. The molecule has 9 nitrogen and oxygen atoms in total. The van der Waals surface area contributed by atoms with Gasteiger partial charge in [0, 0.05) is 18.2 Å². The standard InChI is InChI=1S/C11H16N2O7/c14-3-6-8(16)9(17)7(15)5(20-6)1-4-2-12-11(19)13-10(4)18/h2,5-9,14-17H,1,3H2,(H2,12,13,18,19)/t5-,6-,7+,8+,9-/m1/s1. The van der Waals surface area contributed by atoms with E-state index in [-0.39, 0.29) is 12.0 Å². The van der Waals surface area contributed by atoms with Crippen molar-refractivity contribution in [3.8, 4) is 0 Å². The zero-order valence-corrected chi connectivity index (χ0v) is 10.4. The Balaban J connectivity index is 2.19. The lowest BCUT2D eigenvalue weighted by atomic mass is 9.92. The Kier molecular flexibility index (Phi) is 4.35. The molecule has 1 aromatic rings. The van der Waals surface area contributed by atoms with Crippen molar-refractivity contribution in [2.24, 2.45) is 0 Å². The normalized spacial score (nSPS) is 34.1. The van der Waals surface area contributed by atoms with Crippen molar-refractivity contribution >= 4 is 0 Å². The molecule has 1 saturated heterocycles. The summed E-state index contributed by atoms with van der Waals surface area (Å²) in [6.45, 7) is -0.538. The second kappa shape index (κ2) is 5.85. The van der Waals surface area contributed by atoms with Crippen LogP contribution in [0.15, 0.2) is 15.8 Å². The molecule has 2 rings (SSSR count). The molecule has 0 spiro atoms. The second-order valence-corrected chi connectivity index (χ2v) is 4.67. The summed E-state index contributed by atoms with van der Waals surface area (Å²) < 4.78 is 5.26. The Morgan fingerprint density at radius 1 is 1.10 bits per heavy atom. The summed E-state index contributed by atoms with van der Waals surface area (Å²) in [5.41, 5.74) is -1.15. The monoisotopic (exact) mass is 288 g/mol. The summed E-state index contributed by atoms with van der Waals surface area (Å²) in [6, 6.07) is 0. The van der Waals surface area contributed by atoms with Crippen LogP contribution in [0.4, 0.5) is 0 Å². The highest BCUT2D eigenvalue weighted by Crippen LogP contribution is 2.22. The average Bonchev–Trinajstić information content (AvgIpc) is 2.42. The van der Waals surface area contributed by atoms with Crippen LogP contribution in [0.25, 0.3) is 0 Å². The number of H-pyrrole nitrogens is 2. The van der Waals surface area contributed by atoms with Crippen molar-refractivity contribution in [2.45, 2.75) is 36.9 Å². The van der Waals surface area contributed by atoms with Gasteiger partial charge < -0.3 is 30.1 Å². The molecule has 1 aliphatic heterocycles. The topological polar surface area (TPSA) is 156 Å². The predicted octanol–water partition coefficient (Wildman–Crippen LogP) is -3.55. The van der Waals surface area contributed by atoms with Crippen LogP contribution >= 0.6 is 0 Å². The lowest BCUT2D eigenvalue weighted by Crippen LogP contribution is -2.59. The zero-order valence-electron chi connectivity index (χ0n) is 10.4. The van der Waals surface area contributed by atoms with Gasteiger partial charge in [-0.15, -0.1) is 0 Å². The maximum atomic E-state index is 11.5. The molecule has 9 heteroatoms. The van der Waals surface area contributed by atoms with Crippen LogP contribution in [0.1, 0.15) is 5.56 Å². The first-order valence-electron chi connectivity index (χ1n) is 6.05. The van der Waals surface area contributed by atoms with Gasteiger partial charge in [0.2, 0.25) is 0 Å². The van der Waals surface area contributed by atoms with Crippen LogP contribution in [0, 0.1) is 0 Å². The fourth-order valence-electron chi connectivity index (χ4n) is 2.15. The van der Waals surface area contributed by atoms with Crippen LogP contribution in [0.3, 0.4) is 0 Å². The third kappa shape index (κ3) is 2.81. The summed E-state index contributed by atoms with van der Waals surface area (Å²) in [5.74, 6) is 0. The second-order valence-electron chi connectivity index (χ2n) is 4.67. The highest BCUT2D eigenvalue weighted by Gasteiger charge is 2.43. The van der Waals surface area contributed by atoms with E-state index in [4.69, 9.17) is 9.84 Å². The van der Waals surface area contributed by atoms with Crippen LogP contribution in [-0.2, 0) is 11.2 Å². The maximum Gasteiger partial charge on any atom is 0.325 e. The van der Waals surface area contributed by atoms with Crippen molar-refractivity contribution in [2.75, 3.05) is 6.61 Å². The van der Waals surface area contributed by atoms with Gasteiger partial charge in [-0.2, -0.15) is 0 Å². The highest BCUT2D eigenvalue weighted by molar-refractivity contribution is 5.07. The molecule has 0 radical (unpaired) electrons. The molecule has 0 amide bonds. The van der Waals surface area contributed by atoms with Crippen molar-refractivity contribution in [1.29, 1.82) is 0 Å². The fourth-order valence-corrected chi connectivity index (χ4v) is 2.15. The van der Waals surface area contributed by atoms with E-state index in [1.54, 1.807) is 0 Å². The molecule has 1 aliphatic rings. The van der Waals surface area contributed by atoms with Crippen LogP contribution < -0.4 is 11.2 Å². The number of hydrogen-bond acceptors (Lipinski definition) is 7. The third-order valence-electron chi connectivity index (χ3n) is 3.31. The van der Waals surface area contributed by atoms with Crippen molar-refractivity contribution < 1.29 is 25.2 Å². The molecule has 2 heterocycles. The molecule has 6 N–H and O–H groups in total. The summed E-state index contributed by atoms with van der Waals surface area (Å²) in [6.07, 6.45) is -5.28. The third-order valence-corrected chi connectivity index (χ3v) is 3.31. The van der Waals surface area contributed by atoms with E-state index < -0.39 is 48.4 Å². The first-order valence-corrected chi connectivity index (χ1v) is 6.05. The predicted molar refractivity (Wildman–Crippen MR) is 65.2 cm³/mol. The largest absolute Gasteiger partial charge is 0.394 e. The number of ether oxygens (including phenoxy) is 1. The maximum absolute atomic E-state index is 11.5. The lowest BCUT2D eigenvalue weighted by Gasteiger charge is -2.40. The van der Waals surface area contributed by atoms with Gasteiger partial charge in [0.05, 0.1) is 12.7 Å². The Bertz CT molecular complexity index is 566. The average molecular weight is 288 g/mol. The summed E-state index contributed by atoms with van der Waals surface area (Å²) >= 11 is 0. The molecule has 0 saturated carbocycles. The van der Waals surface area contributed by atoms with Crippen molar-refractivity contribution in [3.05, 3.63) is 32.6 Å². The molecule has 5 atom stereocenters. The van der Waals surface area contributed by atoms with Gasteiger partial charge in [-0.1, -0.05) is 0 Å². The Hall–Kier alpha value is -1.52. The quantitative estimate of drug-likeness (QED) is 0.336. The van der Waals surface area contributed by atoms with Gasteiger partial charge in [0.25, 0.3) is 5.56 Å². The summed E-state index contributed by atoms with van der Waals surface area (Å²) in [7, 11) is 0. The number of nitrogens with one attached hydrogen (secondary N) is 2. The van der Waals surface area contributed by atoms with Gasteiger partial charge >= 0.3 is 5.69 Å². The fraction of sp³-hybridized carbons (Fsp3) is 0.636. The van der Waals surface area contributed by atoms with Gasteiger partial charge in [-0.25, -0.2) is 4.79 Å². The van der Waals surface area contributed by atoms with E-state index in [2.05, 4.69) is 4.98 Å². The van der Waals surface area contributed by atoms with E-state index in [1.165, 1.54) is 6.20 Å². The van der Waals surface area contributed by atoms with Gasteiger partial charge in [0.1, 0.15) is 24.4 Å². The molecule has 0 unspecified atom stereocenters. The summed E-state index contributed by atoms with van der Waals surface area (Å²) in [5, 5.41) is 38.1. The number of hydrogen-bond donors (Lipinski definition) is 6. The SMILES string of the molecule is O=c1[nH]cc(C[C@H]2O[C@H](CO)[C@H](O)[C@H](O)[C@H]2O)c(=O)[nH]1. The number of rotatable bonds is 3. The number of aliphatic hydroxyl groups excluding tert-OH is 4. The number of aromatic amines is 2. The molecule has 20 heavy (non-hydrogen) atoms. The Labute approximate surface area is 112 Å². The first-order chi connectivity index (χ1) is 9.43. The first kappa shape index (κ1) is 14.9. The van der Waals surface area contributed by atoms with Crippen molar-refractivity contribution in [3.63, 3.8) is 0 Å². The van der Waals surface area contributed by atoms with E-state index in [0.717, 1.165) is 0 Å². The molecule has 1 fully saturated rings. The molecular formula is C11H16N2O7. The minimum atomic E-state index is -1.49. The van der Waals surface area contributed by atoms with Gasteiger partial charge in [-0.3, -0.25) is 9.78 Å². The van der Waals surface area contributed by atoms with Crippen LogP contribution in [0.2, 0.25) is 0 Å². The van der Waals surface area contributed by atoms with E-state index in [9.17, 15) is 24.9 Å². The lowest BCUT2D eigenvalue weighted by molar-refractivity contribution is -0.228. The molecule has 0 aromatic carbocycles. The van der Waals surface area contributed by atoms with E-state index >= 15 is 0 Å². The zero-order chi connectivity index (χ0) is 14.9. The molecule has 0 bridgehead atoms. The number of aromatic nitrogens is 2. The van der Waals surface area contributed by atoms with Gasteiger partial charge in [-0.05, 0) is 0 Å². The molecular weight excluding hydrogens is 272 g/mol. The van der Waals surface area contributed by atoms with Crippen molar-refractivity contribution in [1.82, 2.24) is 9.97 Å². The Morgan fingerprint density at radius 2 is 1.75 bits per heavy atom. The van der Waals surface area contributed by atoms with E-state index in [1.807, 2.05) is 4.98 Å². The summed E-state index contributed by atoms with van der Waals surface area (Å²) in [4.78, 5) is 26.7. The Morgan fingerprint density at radius 3 is 2.35 bits per heavy atom. The molecule has 112 valence electrons. The molecule has 1 aromatic heterocycles.